The van der Waals surface area contributed by atoms with Gasteiger partial charge in [0.15, 0.2) is 0 Å². The molecule has 1 aromatic rings. The fourth-order valence-corrected chi connectivity index (χ4v) is 1.08. The van der Waals surface area contributed by atoms with E-state index in [0.717, 1.165) is 0 Å². The number of nitrogens with two attached hydrogens (primary N) is 1. The predicted molar refractivity (Wildman–Crippen MR) is 63.6 cm³/mol. The minimum Gasteiger partial charge on any atom is -0.481 e. The molecule has 1 aromatic heterocycles. The molecule has 0 radical (unpaired) electrons. The Labute approximate surface area is 104 Å². The zero-order chi connectivity index (χ0) is 13.4. The third-order valence-electron chi connectivity index (χ3n) is 1.84. The Hall–Kier alpha value is -1.93. The third kappa shape index (κ3) is 4.52. The highest BCUT2D eigenvalue weighted by molar-refractivity contribution is 5.90. The molecule has 8 nitrogen and oxygen atoms in total. The van der Waals surface area contributed by atoms with Crippen LogP contribution >= 0.6 is 0 Å². The summed E-state index contributed by atoms with van der Waals surface area (Å²) in [6, 6.07) is 1.50. The van der Waals surface area contributed by atoms with Gasteiger partial charge in [-0.05, 0) is 0 Å². The predicted octanol–water partition coefficient (Wildman–Crippen LogP) is -0.592. The zero-order valence-electron chi connectivity index (χ0n) is 10.3. The number of ether oxygens (including phenoxy) is 3. The molecule has 18 heavy (non-hydrogen) atoms. The van der Waals surface area contributed by atoms with Crippen LogP contribution < -0.4 is 20.5 Å². The van der Waals surface area contributed by atoms with Gasteiger partial charge in [-0.1, -0.05) is 0 Å². The lowest BCUT2D eigenvalue weighted by molar-refractivity contribution is -0.120. The Morgan fingerprint density at radius 3 is 2.44 bits per heavy atom. The molecule has 8 heteroatoms. The van der Waals surface area contributed by atoms with E-state index in [1.165, 1.54) is 20.3 Å². The first-order valence-electron chi connectivity index (χ1n) is 5.24. The fourth-order valence-electron chi connectivity index (χ4n) is 1.08. The van der Waals surface area contributed by atoms with Crippen molar-refractivity contribution in [2.75, 3.05) is 39.3 Å². The second-order valence-corrected chi connectivity index (χ2v) is 3.17. The number of methoxy groups -OCH3 is 2. The van der Waals surface area contributed by atoms with E-state index in [1.807, 2.05) is 0 Å². The maximum absolute atomic E-state index is 11.4. The van der Waals surface area contributed by atoms with Crippen molar-refractivity contribution in [3.63, 3.8) is 0 Å². The van der Waals surface area contributed by atoms with Crippen molar-refractivity contribution in [3.05, 3.63) is 6.07 Å². The third-order valence-corrected chi connectivity index (χ3v) is 1.84. The van der Waals surface area contributed by atoms with Gasteiger partial charge in [-0.3, -0.25) is 10.1 Å². The number of carbonyl (C=O) groups is 1. The summed E-state index contributed by atoms with van der Waals surface area (Å²) >= 11 is 0. The maximum atomic E-state index is 11.4. The minimum absolute atomic E-state index is 0.0903. The Balaban J connectivity index is 2.62. The van der Waals surface area contributed by atoms with Crippen molar-refractivity contribution in [3.8, 4) is 11.8 Å². The topological polar surface area (TPSA) is 109 Å². The minimum atomic E-state index is -0.376. The Morgan fingerprint density at radius 1 is 1.33 bits per heavy atom. The molecule has 0 saturated heterocycles. The smallest absolute Gasteiger partial charge is 0.252 e. The van der Waals surface area contributed by atoms with Crippen LogP contribution in [0, 0.1) is 0 Å². The summed E-state index contributed by atoms with van der Waals surface area (Å²) < 4.78 is 14.9. The van der Waals surface area contributed by atoms with Gasteiger partial charge in [-0.2, -0.15) is 9.97 Å². The molecule has 0 unspecified atom stereocenters. The second kappa shape index (κ2) is 7.41. The van der Waals surface area contributed by atoms with E-state index in [0.29, 0.717) is 24.9 Å². The number of nitrogens with one attached hydrogen (secondary N) is 1. The molecule has 1 rings (SSSR count). The number of hydrogen-bond acceptors (Lipinski definition) is 7. The van der Waals surface area contributed by atoms with Crippen LogP contribution in [0.3, 0.4) is 0 Å². The molecule has 0 atom stereocenters. The Morgan fingerprint density at radius 2 is 1.94 bits per heavy atom. The molecule has 1 heterocycles. The maximum Gasteiger partial charge on any atom is 0.252 e. The molecule has 0 bridgehead atoms. The fraction of sp³-hybridized carbons (Fsp3) is 0.500. The van der Waals surface area contributed by atoms with Crippen LogP contribution in [0.1, 0.15) is 0 Å². The number of hydrogen-bond donors (Lipinski definition) is 2. The standard InChI is InChI=1S/C10H16N4O4/c1-16-8-5-9(17-2)14-10(13-8)12-7(15)6-18-4-3-11/h5H,3-4,6,11H2,1-2H3,(H,12,13,14,15). The summed E-state index contributed by atoms with van der Waals surface area (Å²) in [5, 5.41) is 2.46. The molecule has 100 valence electrons. The van der Waals surface area contributed by atoms with Gasteiger partial charge in [0.25, 0.3) is 5.91 Å². The summed E-state index contributed by atoms with van der Waals surface area (Å²) in [6.45, 7) is 0.562. The molecule has 1 amide bonds. The van der Waals surface area contributed by atoms with Crippen LogP contribution in [0.5, 0.6) is 11.8 Å². The number of rotatable bonds is 7. The van der Waals surface area contributed by atoms with E-state index in [-0.39, 0.29) is 18.5 Å². The first-order chi connectivity index (χ1) is 8.69. The van der Waals surface area contributed by atoms with Gasteiger partial charge < -0.3 is 19.9 Å². The summed E-state index contributed by atoms with van der Waals surface area (Å²) in [7, 11) is 2.91. The zero-order valence-corrected chi connectivity index (χ0v) is 10.3. The average molecular weight is 256 g/mol. The average Bonchev–Trinajstić information content (AvgIpc) is 2.38. The van der Waals surface area contributed by atoms with Crippen LogP contribution in [0.2, 0.25) is 0 Å². The van der Waals surface area contributed by atoms with Crippen LogP contribution in [-0.4, -0.2) is 49.9 Å². The van der Waals surface area contributed by atoms with Crippen LogP contribution in [0.15, 0.2) is 6.07 Å². The molecule has 0 fully saturated rings. The lowest BCUT2D eigenvalue weighted by Gasteiger charge is -2.07. The van der Waals surface area contributed by atoms with Gasteiger partial charge in [0.2, 0.25) is 17.7 Å². The molecular weight excluding hydrogens is 240 g/mol. The molecule has 0 saturated carbocycles. The molecule has 0 aliphatic heterocycles. The van der Waals surface area contributed by atoms with E-state index in [9.17, 15) is 4.79 Å². The molecule has 0 aliphatic rings. The van der Waals surface area contributed by atoms with Crippen molar-refractivity contribution in [1.82, 2.24) is 9.97 Å². The van der Waals surface area contributed by atoms with E-state index < -0.39 is 0 Å². The van der Waals surface area contributed by atoms with Crippen molar-refractivity contribution >= 4 is 11.9 Å². The molecule has 0 spiro atoms. The van der Waals surface area contributed by atoms with Crippen molar-refractivity contribution in [2.24, 2.45) is 5.73 Å². The van der Waals surface area contributed by atoms with Gasteiger partial charge in [-0.15, -0.1) is 0 Å². The molecule has 0 aromatic carbocycles. The van der Waals surface area contributed by atoms with Crippen molar-refractivity contribution in [1.29, 1.82) is 0 Å². The Kier molecular flexibility index (Phi) is 5.81. The first-order valence-corrected chi connectivity index (χ1v) is 5.24. The van der Waals surface area contributed by atoms with E-state index >= 15 is 0 Å². The molecular formula is C10H16N4O4. The van der Waals surface area contributed by atoms with E-state index in [1.54, 1.807) is 0 Å². The van der Waals surface area contributed by atoms with Gasteiger partial charge in [0.05, 0.1) is 26.9 Å². The highest BCUT2D eigenvalue weighted by atomic mass is 16.5. The summed E-state index contributed by atoms with van der Waals surface area (Å²) in [6.07, 6.45) is 0. The number of anilines is 1. The van der Waals surface area contributed by atoms with Crippen molar-refractivity contribution in [2.45, 2.75) is 0 Å². The van der Waals surface area contributed by atoms with Gasteiger partial charge in [0, 0.05) is 6.54 Å². The summed E-state index contributed by atoms with van der Waals surface area (Å²) in [5.74, 6) is 0.298. The number of carbonyl (C=O) groups excluding carboxylic acids is 1. The largest absolute Gasteiger partial charge is 0.481 e. The van der Waals surface area contributed by atoms with Gasteiger partial charge in [-0.25, -0.2) is 0 Å². The lowest BCUT2D eigenvalue weighted by Crippen LogP contribution is -2.22. The lowest BCUT2D eigenvalue weighted by atomic mass is 10.5. The first kappa shape index (κ1) is 14.1. The number of amides is 1. The molecule has 0 aliphatic carbocycles. The quantitative estimate of drug-likeness (QED) is 0.627. The normalized spacial score (nSPS) is 9.94. The van der Waals surface area contributed by atoms with E-state index in [4.69, 9.17) is 19.9 Å². The number of nitrogens with zero attached hydrogens (tertiary/aromatic N) is 2. The molecule has 3 N–H and O–H groups in total. The van der Waals surface area contributed by atoms with Gasteiger partial charge in [0.1, 0.15) is 6.61 Å². The monoisotopic (exact) mass is 256 g/mol. The Bertz CT molecular complexity index is 377. The highest BCUT2D eigenvalue weighted by Crippen LogP contribution is 2.16. The van der Waals surface area contributed by atoms with E-state index in [2.05, 4.69) is 15.3 Å². The van der Waals surface area contributed by atoms with Crippen LogP contribution in [0.4, 0.5) is 5.95 Å². The SMILES string of the molecule is COc1cc(OC)nc(NC(=O)COCCN)n1. The van der Waals surface area contributed by atoms with Crippen molar-refractivity contribution < 1.29 is 19.0 Å². The highest BCUT2D eigenvalue weighted by Gasteiger charge is 2.08. The van der Waals surface area contributed by atoms with Crippen LogP contribution in [-0.2, 0) is 9.53 Å². The second-order valence-electron chi connectivity index (χ2n) is 3.17. The number of aromatic nitrogens is 2. The summed E-state index contributed by atoms with van der Waals surface area (Å²) in [4.78, 5) is 19.3. The van der Waals surface area contributed by atoms with Gasteiger partial charge >= 0.3 is 0 Å². The van der Waals surface area contributed by atoms with Crippen LogP contribution in [0.25, 0.3) is 0 Å². The summed E-state index contributed by atoms with van der Waals surface area (Å²) in [5.41, 5.74) is 5.23.